The van der Waals surface area contributed by atoms with Gasteiger partial charge in [0.1, 0.15) is 18.0 Å². The van der Waals surface area contributed by atoms with Crippen molar-refractivity contribution in [1.82, 2.24) is 14.6 Å². The second kappa shape index (κ2) is 7.06. The van der Waals surface area contributed by atoms with Gasteiger partial charge in [-0.05, 0) is 24.3 Å². The molecule has 4 rings (SSSR count). The van der Waals surface area contributed by atoms with Crippen LogP contribution in [0.1, 0.15) is 15.9 Å². The first-order valence-corrected chi connectivity index (χ1v) is 8.17. The van der Waals surface area contributed by atoms with E-state index in [2.05, 4.69) is 15.4 Å². The summed E-state index contributed by atoms with van der Waals surface area (Å²) in [6, 6.07) is 18.7. The Kier molecular flexibility index (Phi) is 4.30. The van der Waals surface area contributed by atoms with Crippen LogP contribution in [-0.2, 0) is 6.61 Å². The Hall–Kier alpha value is -3.67. The average molecular weight is 344 g/mol. The van der Waals surface area contributed by atoms with Crippen LogP contribution in [0.3, 0.4) is 0 Å². The van der Waals surface area contributed by atoms with E-state index in [0.717, 1.165) is 11.3 Å². The summed E-state index contributed by atoms with van der Waals surface area (Å²) in [5.74, 6) is 0.535. The zero-order valence-corrected chi connectivity index (χ0v) is 13.9. The summed E-state index contributed by atoms with van der Waals surface area (Å²) in [5.41, 5.74) is 2.52. The molecule has 1 amide bonds. The Morgan fingerprint density at radius 1 is 1.04 bits per heavy atom. The molecule has 128 valence electrons. The van der Waals surface area contributed by atoms with Crippen molar-refractivity contribution in [2.75, 3.05) is 5.32 Å². The fraction of sp³-hybridized carbons (Fsp3) is 0.0500. The Labute approximate surface area is 150 Å². The number of aromatic nitrogens is 3. The number of ether oxygens (including phenoxy) is 1. The first-order chi connectivity index (χ1) is 12.8. The van der Waals surface area contributed by atoms with E-state index in [0.29, 0.717) is 23.5 Å². The van der Waals surface area contributed by atoms with Crippen molar-refractivity contribution < 1.29 is 9.53 Å². The third-order valence-electron chi connectivity index (χ3n) is 3.93. The first kappa shape index (κ1) is 15.8. The predicted octanol–water partition coefficient (Wildman–Crippen LogP) is 3.56. The maximum Gasteiger partial charge on any atom is 0.256 e. The molecule has 0 saturated heterocycles. The molecule has 26 heavy (non-hydrogen) atoms. The van der Waals surface area contributed by atoms with E-state index in [1.54, 1.807) is 35.2 Å². The van der Waals surface area contributed by atoms with Crippen molar-refractivity contribution in [2.24, 2.45) is 0 Å². The molecule has 0 aliphatic heterocycles. The van der Waals surface area contributed by atoms with Crippen LogP contribution in [0.25, 0.3) is 5.65 Å². The number of carbonyl (C=O) groups excluding carboxylic acids is 1. The quantitative estimate of drug-likeness (QED) is 0.601. The Morgan fingerprint density at radius 2 is 1.85 bits per heavy atom. The van der Waals surface area contributed by atoms with Crippen LogP contribution in [0.15, 0.2) is 79.3 Å². The van der Waals surface area contributed by atoms with E-state index < -0.39 is 0 Å². The van der Waals surface area contributed by atoms with Gasteiger partial charge in [-0.25, -0.2) is 9.50 Å². The second-order valence-corrected chi connectivity index (χ2v) is 5.66. The minimum Gasteiger partial charge on any atom is -0.489 e. The summed E-state index contributed by atoms with van der Waals surface area (Å²) in [4.78, 5) is 17.0. The predicted molar refractivity (Wildman–Crippen MR) is 98.2 cm³/mol. The van der Waals surface area contributed by atoms with E-state index in [9.17, 15) is 4.79 Å². The summed E-state index contributed by atoms with van der Waals surface area (Å²) in [6.45, 7) is 0.306. The molecule has 0 radical (unpaired) electrons. The fourth-order valence-electron chi connectivity index (χ4n) is 2.65. The standard InChI is InChI=1S/C20H16N4O2/c25-20(23-18-13-22-24-12-6-11-21-19(18)24)17-10-5-4-7-15(17)14-26-16-8-2-1-3-9-16/h1-13H,14H2,(H,23,25). The Bertz CT molecular complexity index is 1040. The number of nitrogens with one attached hydrogen (secondary N) is 1. The van der Waals surface area contributed by atoms with Crippen LogP contribution in [0.5, 0.6) is 5.75 Å². The van der Waals surface area contributed by atoms with Gasteiger partial charge in [-0.3, -0.25) is 4.79 Å². The molecule has 6 nitrogen and oxygen atoms in total. The molecule has 0 unspecified atom stereocenters. The van der Waals surface area contributed by atoms with Crippen molar-refractivity contribution in [3.63, 3.8) is 0 Å². The number of hydrogen-bond donors (Lipinski definition) is 1. The third-order valence-corrected chi connectivity index (χ3v) is 3.93. The number of hydrogen-bond acceptors (Lipinski definition) is 4. The Morgan fingerprint density at radius 3 is 2.73 bits per heavy atom. The third kappa shape index (κ3) is 3.25. The highest BCUT2D eigenvalue weighted by molar-refractivity contribution is 6.06. The number of amides is 1. The average Bonchev–Trinajstić information content (AvgIpc) is 3.10. The van der Waals surface area contributed by atoms with Gasteiger partial charge in [0.2, 0.25) is 0 Å². The van der Waals surface area contributed by atoms with E-state index in [1.165, 1.54) is 0 Å². The van der Waals surface area contributed by atoms with Gasteiger partial charge in [0.25, 0.3) is 5.91 Å². The molecule has 0 bridgehead atoms. The van der Waals surface area contributed by atoms with Crippen LogP contribution in [-0.4, -0.2) is 20.5 Å². The van der Waals surface area contributed by atoms with Crippen molar-refractivity contribution >= 4 is 17.2 Å². The molecule has 2 heterocycles. The topological polar surface area (TPSA) is 68.5 Å². The van der Waals surface area contributed by atoms with Crippen LogP contribution >= 0.6 is 0 Å². The van der Waals surface area contributed by atoms with Crippen LogP contribution in [0, 0.1) is 0 Å². The number of rotatable bonds is 5. The van der Waals surface area contributed by atoms with Gasteiger partial charge in [0, 0.05) is 23.5 Å². The summed E-state index contributed by atoms with van der Waals surface area (Å²) >= 11 is 0. The summed E-state index contributed by atoms with van der Waals surface area (Å²) in [7, 11) is 0. The molecule has 0 aliphatic carbocycles. The molecule has 6 heteroatoms. The number of anilines is 1. The smallest absolute Gasteiger partial charge is 0.256 e. The molecule has 0 atom stereocenters. The zero-order chi connectivity index (χ0) is 17.8. The van der Waals surface area contributed by atoms with E-state index in [-0.39, 0.29) is 5.91 Å². The highest BCUT2D eigenvalue weighted by Gasteiger charge is 2.14. The number of benzene rings is 2. The minimum atomic E-state index is -0.224. The lowest BCUT2D eigenvalue weighted by Crippen LogP contribution is -2.15. The monoisotopic (exact) mass is 344 g/mol. The summed E-state index contributed by atoms with van der Waals surface area (Å²) in [5, 5.41) is 7.06. The largest absolute Gasteiger partial charge is 0.489 e. The lowest BCUT2D eigenvalue weighted by molar-refractivity contribution is 0.102. The van der Waals surface area contributed by atoms with Crippen molar-refractivity contribution in [3.8, 4) is 5.75 Å². The maximum absolute atomic E-state index is 12.8. The van der Waals surface area contributed by atoms with Crippen LogP contribution in [0.2, 0.25) is 0 Å². The molecule has 1 N–H and O–H groups in total. The van der Waals surface area contributed by atoms with E-state index >= 15 is 0 Å². The van der Waals surface area contributed by atoms with Crippen LogP contribution < -0.4 is 10.1 Å². The van der Waals surface area contributed by atoms with Gasteiger partial charge in [-0.2, -0.15) is 5.10 Å². The van der Waals surface area contributed by atoms with E-state index in [1.807, 2.05) is 48.5 Å². The molecule has 2 aromatic heterocycles. The molecule has 2 aromatic carbocycles. The lowest BCUT2D eigenvalue weighted by Gasteiger charge is -2.11. The molecular weight excluding hydrogens is 328 g/mol. The fourth-order valence-corrected chi connectivity index (χ4v) is 2.65. The zero-order valence-electron chi connectivity index (χ0n) is 13.9. The highest BCUT2D eigenvalue weighted by Crippen LogP contribution is 2.18. The lowest BCUT2D eigenvalue weighted by atomic mass is 10.1. The minimum absolute atomic E-state index is 0.224. The van der Waals surface area contributed by atoms with Gasteiger partial charge in [-0.15, -0.1) is 0 Å². The van der Waals surface area contributed by atoms with Crippen molar-refractivity contribution in [1.29, 1.82) is 0 Å². The van der Waals surface area contributed by atoms with Crippen molar-refractivity contribution in [2.45, 2.75) is 6.61 Å². The van der Waals surface area contributed by atoms with Gasteiger partial charge in [0.05, 0.1) is 6.20 Å². The van der Waals surface area contributed by atoms with Crippen molar-refractivity contribution in [3.05, 3.63) is 90.4 Å². The number of para-hydroxylation sites is 1. The summed E-state index contributed by atoms with van der Waals surface area (Å²) < 4.78 is 7.39. The second-order valence-electron chi connectivity index (χ2n) is 5.66. The number of nitrogens with zero attached hydrogens (tertiary/aromatic N) is 3. The molecule has 0 aliphatic rings. The normalized spacial score (nSPS) is 10.6. The Balaban J connectivity index is 1.54. The first-order valence-electron chi connectivity index (χ1n) is 8.17. The van der Waals surface area contributed by atoms with Gasteiger partial charge >= 0.3 is 0 Å². The molecule has 0 fully saturated rings. The van der Waals surface area contributed by atoms with E-state index in [4.69, 9.17) is 4.74 Å². The van der Waals surface area contributed by atoms with Crippen LogP contribution in [0.4, 0.5) is 5.69 Å². The number of carbonyl (C=O) groups is 1. The number of fused-ring (bicyclic) bond motifs is 1. The molecule has 4 aromatic rings. The van der Waals surface area contributed by atoms with Gasteiger partial charge in [-0.1, -0.05) is 36.4 Å². The molecule has 0 saturated carbocycles. The van der Waals surface area contributed by atoms with Gasteiger partial charge in [0.15, 0.2) is 5.65 Å². The highest BCUT2D eigenvalue weighted by atomic mass is 16.5. The maximum atomic E-state index is 12.8. The molecule has 0 spiro atoms. The SMILES string of the molecule is O=C(Nc1cnn2cccnc12)c1ccccc1COc1ccccc1. The molecular formula is C20H16N4O2. The van der Waals surface area contributed by atoms with Gasteiger partial charge < -0.3 is 10.1 Å². The summed E-state index contributed by atoms with van der Waals surface area (Å²) in [6.07, 6.45) is 5.03.